The second-order valence-corrected chi connectivity index (χ2v) is 6.46. The summed E-state index contributed by atoms with van der Waals surface area (Å²) in [6.45, 7) is 2.82. The molecule has 3 heteroatoms. The maximum atomic E-state index is 5.60. The van der Waals surface area contributed by atoms with E-state index in [4.69, 9.17) is 9.47 Å². The van der Waals surface area contributed by atoms with Crippen LogP contribution in [0.15, 0.2) is 24.3 Å². The molecule has 3 nitrogen and oxygen atoms in total. The van der Waals surface area contributed by atoms with Crippen molar-refractivity contribution in [2.75, 3.05) is 19.9 Å². The molecule has 0 aromatic heterocycles. The van der Waals surface area contributed by atoms with E-state index >= 15 is 0 Å². The largest absolute Gasteiger partial charge is 0.454 e. The van der Waals surface area contributed by atoms with Gasteiger partial charge < -0.3 is 9.47 Å². The molecular formula is C17H19NO2. The van der Waals surface area contributed by atoms with Crippen LogP contribution in [0.25, 0.3) is 0 Å². The molecule has 5 rings (SSSR count). The third kappa shape index (κ3) is 1.29. The predicted molar refractivity (Wildman–Crippen MR) is 76.3 cm³/mol. The number of hydrogen-bond donors (Lipinski definition) is 0. The zero-order chi connectivity index (χ0) is 13.2. The van der Waals surface area contributed by atoms with Gasteiger partial charge in [0.15, 0.2) is 11.5 Å². The highest BCUT2D eigenvalue weighted by Gasteiger charge is 2.49. The SMILES string of the molecule is C1=C[C@@H]2c3cc4c(cc3CCN3CCC[C@@]23C1)OCO4. The fraction of sp³-hybridized carbons (Fsp3) is 0.529. The van der Waals surface area contributed by atoms with Gasteiger partial charge in [0.25, 0.3) is 0 Å². The first-order valence-corrected chi connectivity index (χ1v) is 7.71. The van der Waals surface area contributed by atoms with Crippen LogP contribution in [0.1, 0.15) is 36.3 Å². The summed E-state index contributed by atoms with van der Waals surface area (Å²) in [4.78, 5) is 2.74. The van der Waals surface area contributed by atoms with Crippen molar-refractivity contribution in [3.8, 4) is 11.5 Å². The van der Waals surface area contributed by atoms with Crippen molar-refractivity contribution >= 4 is 0 Å². The number of hydrogen-bond acceptors (Lipinski definition) is 3. The molecule has 0 bridgehead atoms. The molecule has 1 saturated heterocycles. The maximum absolute atomic E-state index is 5.60. The van der Waals surface area contributed by atoms with Crippen LogP contribution in [0, 0.1) is 0 Å². The monoisotopic (exact) mass is 269 g/mol. The van der Waals surface area contributed by atoms with Crippen LogP contribution in [0.5, 0.6) is 11.5 Å². The lowest BCUT2D eigenvalue weighted by Gasteiger charge is -2.39. The Labute approximate surface area is 119 Å². The lowest BCUT2D eigenvalue weighted by molar-refractivity contribution is 0.140. The number of nitrogens with zero attached hydrogens (tertiary/aromatic N) is 1. The molecule has 1 aliphatic carbocycles. The lowest BCUT2D eigenvalue weighted by Crippen LogP contribution is -2.45. The molecule has 1 aromatic rings. The van der Waals surface area contributed by atoms with Gasteiger partial charge in [0.1, 0.15) is 0 Å². The van der Waals surface area contributed by atoms with Crippen molar-refractivity contribution in [3.63, 3.8) is 0 Å². The molecule has 0 N–H and O–H groups in total. The standard InChI is InChI=1S/C17H19NO2/c1-3-14-13-10-16-15(19-11-20-16)9-12(13)4-8-18-7-2-6-17(14,18)5-1/h1,3,9-10,14H,2,4-8,11H2/t14-,17+/m1/s1. The first-order valence-electron chi connectivity index (χ1n) is 7.71. The van der Waals surface area contributed by atoms with Crippen LogP contribution in [-0.2, 0) is 6.42 Å². The average Bonchev–Trinajstić information content (AvgIpc) is 3.16. The van der Waals surface area contributed by atoms with E-state index in [0.29, 0.717) is 18.2 Å². The van der Waals surface area contributed by atoms with E-state index in [9.17, 15) is 0 Å². The van der Waals surface area contributed by atoms with Crippen LogP contribution in [0.4, 0.5) is 0 Å². The molecule has 1 aromatic carbocycles. The minimum atomic E-state index is 0.360. The molecule has 0 radical (unpaired) electrons. The normalized spacial score (nSPS) is 33.7. The third-order valence-electron chi connectivity index (χ3n) is 5.67. The van der Waals surface area contributed by atoms with Gasteiger partial charge in [-0.15, -0.1) is 0 Å². The highest BCUT2D eigenvalue weighted by molar-refractivity contribution is 5.53. The van der Waals surface area contributed by atoms with Crippen LogP contribution < -0.4 is 9.47 Å². The van der Waals surface area contributed by atoms with Crippen LogP contribution >= 0.6 is 0 Å². The molecule has 0 unspecified atom stereocenters. The summed E-state index contributed by atoms with van der Waals surface area (Å²) in [5.41, 5.74) is 3.30. The summed E-state index contributed by atoms with van der Waals surface area (Å²) in [5.74, 6) is 2.41. The Hall–Kier alpha value is -1.48. The van der Waals surface area contributed by atoms with Crippen molar-refractivity contribution in [2.24, 2.45) is 0 Å². The van der Waals surface area contributed by atoms with Crippen LogP contribution in [0.3, 0.4) is 0 Å². The van der Waals surface area contributed by atoms with Gasteiger partial charge in [0.05, 0.1) is 0 Å². The van der Waals surface area contributed by atoms with Gasteiger partial charge in [-0.2, -0.15) is 0 Å². The van der Waals surface area contributed by atoms with Gasteiger partial charge >= 0.3 is 0 Å². The number of benzene rings is 1. The average molecular weight is 269 g/mol. The van der Waals surface area contributed by atoms with Crippen molar-refractivity contribution in [3.05, 3.63) is 35.4 Å². The Morgan fingerprint density at radius 3 is 3.00 bits per heavy atom. The minimum Gasteiger partial charge on any atom is -0.454 e. The fourth-order valence-electron chi connectivity index (χ4n) is 4.74. The highest BCUT2D eigenvalue weighted by Crippen LogP contribution is 2.52. The Kier molecular flexibility index (Phi) is 2.12. The zero-order valence-corrected chi connectivity index (χ0v) is 11.6. The van der Waals surface area contributed by atoms with Gasteiger partial charge in [0.2, 0.25) is 6.79 Å². The number of fused-ring (bicyclic) bond motifs is 3. The second-order valence-electron chi connectivity index (χ2n) is 6.46. The van der Waals surface area contributed by atoms with Crippen molar-refractivity contribution in [1.29, 1.82) is 0 Å². The molecule has 1 spiro atoms. The Balaban J connectivity index is 1.69. The molecule has 3 heterocycles. The van der Waals surface area contributed by atoms with Crippen LogP contribution in [-0.4, -0.2) is 30.3 Å². The molecule has 3 aliphatic heterocycles. The van der Waals surface area contributed by atoms with E-state index in [1.807, 2.05) is 0 Å². The molecule has 0 saturated carbocycles. The van der Waals surface area contributed by atoms with Crippen molar-refractivity contribution in [2.45, 2.75) is 37.1 Å². The summed E-state index contributed by atoms with van der Waals surface area (Å²) < 4.78 is 11.2. The topological polar surface area (TPSA) is 21.7 Å². The van der Waals surface area contributed by atoms with Gasteiger partial charge in [-0.05, 0) is 55.5 Å². The summed E-state index contributed by atoms with van der Waals surface area (Å²) in [7, 11) is 0. The number of ether oxygens (including phenoxy) is 2. The smallest absolute Gasteiger partial charge is 0.231 e. The van der Waals surface area contributed by atoms with E-state index < -0.39 is 0 Å². The molecule has 0 amide bonds. The van der Waals surface area contributed by atoms with Gasteiger partial charge in [-0.1, -0.05) is 12.2 Å². The molecule has 1 fully saturated rings. The van der Waals surface area contributed by atoms with E-state index in [-0.39, 0.29) is 0 Å². The van der Waals surface area contributed by atoms with E-state index in [1.54, 1.807) is 0 Å². The minimum absolute atomic E-state index is 0.360. The first-order chi connectivity index (χ1) is 9.87. The maximum Gasteiger partial charge on any atom is 0.231 e. The van der Waals surface area contributed by atoms with E-state index in [2.05, 4.69) is 29.2 Å². The molecular weight excluding hydrogens is 250 g/mol. The van der Waals surface area contributed by atoms with Crippen LogP contribution in [0.2, 0.25) is 0 Å². The van der Waals surface area contributed by atoms with E-state index in [0.717, 1.165) is 17.9 Å². The number of rotatable bonds is 0. The zero-order valence-electron chi connectivity index (χ0n) is 11.6. The van der Waals surface area contributed by atoms with Gasteiger partial charge in [-0.25, -0.2) is 0 Å². The highest BCUT2D eigenvalue weighted by atomic mass is 16.7. The quantitative estimate of drug-likeness (QED) is 0.676. The third-order valence-corrected chi connectivity index (χ3v) is 5.67. The fourth-order valence-corrected chi connectivity index (χ4v) is 4.74. The Morgan fingerprint density at radius 2 is 2.05 bits per heavy atom. The molecule has 4 aliphatic rings. The predicted octanol–water partition coefficient (Wildman–Crippen LogP) is 2.85. The second kappa shape index (κ2) is 3.79. The summed E-state index contributed by atoms with van der Waals surface area (Å²) in [6.07, 6.45) is 9.85. The summed E-state index contributed by atoms with van der Waals surface area (Å²) in [6, 6.07) is 4.47. The van der Waals surface area contributed by atoms with Gasteiger partial charge in [0, 0.05) is 18.0 Å². The summed E-state index contributed by atoms with van der Waals surface area (Å²) >= 11 is 0. The lowest BCUT2D eigenvalue weighted by atomic mass is 9.79. The van der Waals surface area contributed by atoms with Crippen molar-refractivity contribution < 1.29 is 9.47 Å². The Morgan fingerprint density at radius 1 is 1.15 bits per heavy atom. The molecule has 104 valence electrons. The molecule has 2 atom stereocenters. The van der Waals surface area contributed by atoms with E-state index in [1.165, 1.54) is 43.5 Å². The first kappa shape index (κ1) is 11.2. The molecule has 20 heavy (non-hydrogen) atoms. The van der Waals surface area contributed by atoms with Crippen molar-refractivity contribution in [1.82, 2.24) is 4.90 Å². The van der Waals surface area contributed by atoms with Gasteiger partial charge in [-0.3, -0.25) is 4.90 Å². The summed E-state index contributed by atoms with van der Waals surface area (Å²) in [5, 5.41) is 0. The Bertz CT molecular complexity index is 609.